The number of alkyl halides is 2. The number of carbonyl (C=O) groups is 2. The molecule has 9 heteroatoms. The maximum Gasteiger partial charge on any atom is 0.282 e. The highest BCUT2D eigenvalue weighted by atomic mass is 19.3. The number of nitrogens with zero attached hydrogens (tertiary/aromatic N) is 3. The third-order valence-electron chi connectivity index (χ3n) is 6.09. The molecule has 30 heavy (non-hydrogen) atoms. The summed E-state index contributed by atoms with van der Waals surface area (Å²) in [5, 5.41) is 2.80. The van der Waals surface area contributed by atoms with Crippen molar-refractivity contribution in [1.29, 1.82) is 0 Å². The molecule has 164 valence electrons. The monoisotopic (exact) mass is 422 g/mol. The van der Waals surface area contributed by atoms with E-state index in [1.165, 1.54) is 11.1 Å². The van der Waals surface area contributed by atoms with Gasteiger partial charge in [-0.15, -0.1) is 0 Å². The van der Waals surface area contributed by atoms with Gasteiger partial charge in [-0.1, -0.05) is 26.2 Å². The van der Waals surface area contributed by atoms with Gasteiger partial charge in [0.25, 0.3) is 17.7 Å². The number of ketones is 1. The van der Waals surface area contributed by atoms with E-state index in [2.05, 4.69) is 15.3 Å². The molecule has 2 saturated carbocycles. The SMILES string of the molecule is CCC(=O)C(CC1CCC1)NC(=O)c1cnc(N2CC(F)(F)C2)c(OCC2CC2)n1. The molecule has 0 spiro atoms. The van der Waals surface area contributed by atoms with Gasteiger partial charge in [-0.2, -0.15) is 0 Å². The predicted molar refractivity (Wildman–Crippen MR) is 106 cm³/mol. The van der Waals surface area contributed by atoms with Gasteiger partial charge in [-0.25, -0.2) is 18.7 Å². The molecule has 3 fully saturated rings. The van der Waals surface area contributed by atoms with Gasteiger partial charge < -0.3 is 15.0 Å². The van der Waals surface area contributed by atoms with Gasteiger partial charge in [-0.05, 0) is 31.1 Å². The molecule has 2 heterocycles. The Morgan fingerprint density at radius 2 is 2.00 bits per heavy atom. The minimum atomic E-state index is -2.75. The van der Waals surface area contributed by atoms with Crippen molar-refractivity contribution >= 4 is 17.5 Å². The number of nitrogens with one attached hydrogen (secondary N) is 1. The lowest BCUT2D eigenvalue weighted by Crippen LogP contribution is -2.56. The van der Waals surface area contributed by atoms with Crippen molar-refractivity contribution in [3.63, 3.8) is 0 Å². The molecule has 1 atom stereocenters. The van der Waals surface area contributed by atoms with Crippen LogP contribution >= 0.6 is 0 Å². The molecule has 3 aliphatic rings. The number of aromatic nitrogens is 2. The van der Waals surface area contributed by atoms with Gasteiger partial charge in [0.15, 0.2) is 17.3 Å². The Labute approximate surface area is 174 Å². The minimum Gasteiger partial charge on any atom is -0.475 e. The quantitative estimate of drug-likeness (QED) is 0.624. The van der Waals surface area contributed by atoms with Gasteiger partial charge in [0, 0.05) is 6.42 Å². The van der Waals surface area contributed by atoms with Crippen molar-refractivity contribution in [1.82, 2.24) is 15.3 Å². The van der Waals surface area contributed by atoms with Gasteiger partial charge >= 0.3 is 0 Å². The first-order valence-corrected chi connectivity index (χ1v) is 10.8. The van der Waals surface area contributed by atoms with Crippen LogP contribution in [0.3, 0.4) is 0 Å². The fourth-order valence-electron chi connectivity index (χ4n) is 3.74. The van der Waals surface area contributed by atoms with Crippen LogP contribution in [-0.4, -0.2) is 53.3 Å². The Morgan fingerprint density at radius 1 is 1.27 bits per heavy atom. The fourth-order valence-corrected chi connectivity index (χ4v) is 3.74. The largest absolute Gasteiger partial charge is 0.475 e. The van der Waals surface area contributed by atoms with Crippen LogP contribution in [-0.2, 0) is 4.79 Å². The Balaban J connectivity index is 1.47. The van der Waals surface area contributed by atoms with Gasteiger partial charge in [0.05, 0.1) is 31.9 Å². The Hall–Kier alpha value is -2.32. The number of hydrogen-bond donors (Lipinski definition) is 1. The third-order valence-corrected chi connectivity index (χ3v) is 6.09. The zero-order chi connectivity index (χ0) is 21.3. The van der Waals surface area contributed by atoms with E-state index in [0.29, 0.717) is 31.3 Å². The molecule has 4 rings (SSSR count). The van der Waals surface area contributed by atoms with Crippen LogP contribution in [0, 0.1) is 11.8 Å². The Morgan fingerprint density at radius 3 is 2.57 bits per heavy atom. The summed E-state index contributed by atoms with van der Waals surface area (Å²) < 4.78 is 32.3. The lowest BCUT2D eigenvalue weighted by molar-refractivity contribution is -0.121. The maximum absolute atomic E-state index is 13.3. The summed E-state index contributed by atoms with van der Waals surface area (Å²) in [6.07, 6.45) is 7.70. The molecular weight excluding hydrogens is 394 g/mol. The van der Waals surface area contributed by atoms with Crippen molar-refractivity contribution in [3.05, 3.63) is 11.9 Å². The number of amides is 1. The van der Waals surface area contributed by atoms with Crippen LogP contribution in [0.5, 0.6) is 5.88 Å². The Bertz CT molecular complexity index is 803. The molecule has 1 aromatic rings. The molecule has 1 saturated heterocycles. The summed E-state index contributed by atoms with van der Waals surface area (Å²) in [5.41, 5.74) is 0.0272. The highest BCUT2D eigenvalue weighted by molar-refractivity contribution is 5.96. The molecule has 1 aromatic heterocycles. The summed E-state index contributed by atoms with van der Waals surface area (Å²) in [7, 11) is 0. The number of ether oxygens (including phenoxy) is 1. The second-order valence-corrected chi connectivity index (χ2v) is 8.73. The number of Topliss-reactive ketones (excluding diaryl/α,β-unsaturated/α-hetero) is 1. The number of halogens is 2. The summed E-state index contributed by atoms with van der Waals surface area (Å²) in [5.74, 6) is -2.02. The van der Waals surface area contributed by atoms with Gasteiger partial charge in [0.2, 0.25) is 0 Å². The first kappa shape index (κ1) is 20.9. The molecule has 1 aliphatic heterocycles. The van der Waals surface area contributed by atoms with E-state index in [1.807, 2.05) is 0 Å². The molecule has 2 aliphatic carbocycles. The lowest BCUT2D eigenvalue weighted by atomic mass is 9.80. The van der Waals surface area contributed by atoms with Gasteiger partial charge in [-0.3, -0.25) is 9.59 Å². The van der Waals surface area contributed by atoms with Crippen LogP contribution in [0.2, 0.25) is 0 Å². The second kappa shape index (κ2) is 8.43. The van der Waals surface area contributed by atoms with E-state index in [-0.39, 0.29) is 23.2 Å². The number of hydrogen-bond acceptors (Lipinski definition) is 6. The van der Waals surface area contributed by atoms with E-state index < -0.39 is 31.0 Å². The average Bonchev–Trinajstić information content (AvgIpc) is 3.49. The average molecular weight is 422 g/mol. The molecule has 7 nitrogen and oxygen atoms in total. The molecule has 0 aromatic carbocycles. The lowest BCUT2D eigenvalue weighted by Gasteiger charge is -2.39. The van der Waals surface area contributed by atoms with Crippen molar-refractivity contribution in [2.24, 2.45) is 11.8 Å². The van der Waals surface area contributed by atoms with Crippen LogP contribution < -0.4 is 15.0 Å². The van der Waals surface area contributed by atoms with Crippen LogP contribution in [0.4, 0.5) is 14.6 Å². The molecule has 1 amide bonds. The molecule has 0 bridgehead atoms. The van der Waals surface area contributed by atoms with E-state index in [0.717, 1.165) is 32.1 Å². The highest BCUT2D eigenvalue weighted by Gasteiger charge is 2.46. The standard InChI is InChI=1S/C21H28F2N4O3/c1-2-17(28)15(8-13-4-3-5-13)25-19(29)16-9-24-18(27-11-21(22,23)12-27)20(26-16)30-10-14-6-7-14/h9,13-15H,2-8,10-12H2,1H3,(H,25,29). The minimum absolute atomic E-state index is 0.00662. The number of rotatable bonds is 10. The molecule has 1 unspecified atom stereocenters. The van der Waals surface area contributed by atoms with Gasteiger partial charge in [0.1, 0.15) is 0 Å². The highest BCUT2D eigenvalue weighted by Crippen LogP contribution is 2.36. The second-order valence-electron chi connectivity index (χ2n) is 8.73. The van der Waals surface area contributed by atoms with E-state index in [1.54, 1.807) is 6.92 Å². The van der Waals surface area contributed by atoms with Crippen LogP contribution in [0.1, 0.15) is 62.4 Å². The van der Waals surface area contributed by atoms with Crippen molar-refractivity contribution in [2.75, 3.05) is 24.6 Å². The first-order chi connectivity index (χ1) is 14.3. The summed E-state index contributed by atoms with van der Waals surface area (Å²) in [6, 6.07) is -0.542. The van der Waals surface area contributed by atoms with Crippen molar-refractivity contribution < 1.29 is 23.1 Å². The molecule has 0 radical (unpaired) electrons. The molecular formula is C21H28F2N4O3. The topological polar surface area (TPSA) is 84.4 Å². The van der Waals surface area contributed by atoms with E-state index in [4.69, 9.17) is 4.74 Å². The van der Waals surface area contributed by atoms with Crippen LogP contribution in [0.25, 0.3) is 0 Å². The first-order valence-electron chi connectivity index (χ1n) is 10.8. The number of anilines is 1. The smallest absolute Gasteiger partial charge is 0.282 e. The van der Waals surface area contributed by atoms with E-state index in [9.17, 15) is 18.4 Å². The zero-order valence-corrected chi connectivity index (χ0v) is 17.2. The summed E-state index contributed by atoms with van der Waals surface area (Å²) in [4.78, 5) is 35.0. The third kappa shape index (κ3) is 4.87. The van der Waals surface area contributed by atoms with Crippen molar-refractivity contribution in [3.8, 4) is 5.88 Å². The fraction of sp³-hybridized carbons (Fsp3) is 0.714. The zero-order valence-electron chi connectivity index (χ0n) is 17.2. The van der Waals surface area contributed by atoms with Crippen LogP contribution in [0.15, 0.2) is 6.20 Å². The van der Waals surface area contributed by atoms with Crippen molar-refractivity contribution in [2.45, 2.75) is 63.8 Å². The molecule has 1 N–H and O–H groups in total. The summed E-state index contributed by atoms with van der Waals surface area (Å²) in [6.45, 7) is 1.32. The van der Waals surface area contributed by atoms with E-state index >= 15 is 0 Å². The number of carbonyl (C=O) groups excluding carboxylic acids is 2. The normalized spacial score (nSPS) is 21.4. The predicted octanol–water partition coefficient (Wildman–Crippen LogP) is 2.99. The Kier molecular flexibility index (Phi) is 5.88. The maximum atomic E-state index is 13.3. The summed E-state index contributed by atoms with van der Waals surface area (Å²) >= 11 is 0.